The fourth-order valence-corrected chi connectivity index (χ4v) is 6.82. The number of benzene rings is 2. The number of piperidine rings is 1. The summed E-state index contributed by atoms with van der Waals surface area (Å²) in [6.45, 7) is 2.16. The van der Waals surface area contributed by atoms with Crippen molar-refractivity contribution in [3.8, 4) is 5.75 Å². The Labute approximate surface area is 222 Å². The molecule has 5 nitrogen and oxygen atoms in total. The molecule has 2 heterocycles. The van der Waals surface area contributed by atoms with E-state index in [1.54, 1.807) is 0 Å². The number of fused-ring (bicyclic) bond motifs is 1. The molecule has 1 fully saturated rings. The van der Waals surface area contributed by atoms with Crippen LogP contribution < -0.4 is 9.04 Å². The van der Waals surface area contributed by atoms with Gasteiger partial charge in [0.15, 0.2) is 0 Å². The summed E-state index contributed by atoms with van der Waals surface area (Å²) in [6.07, 6.45) is -9.06. The summed E-state index contributed by atoms with van der Waals surface area (Å²) in [5.74, 6) is -1.80. The van der Waals surface area contributed by atoms with Crippen molar-refractivity contribution in [3.63, 3.8) is 0 Å². The second-order valence-electron chi connectivity index (χ2n) is 9.22. The fraction of sp³-hybridized carbons (Fsp3) is 0.440. The Morgan fingerprint density at radius 1 is 1.08 bits per heavy atom. The number of nitrogens with zero attached hydrogens (tertiary/aromatic N) is 2. The highest BCUT2D eigenvalue weighted by Gasteiger charge is 2.42. The van der Waals surface area contributed by atoms with Crippen LogP contribution in [0.25, 0.3) is 10.1 Å². The van der Waals surface area contributed by atoms with E-state index in [-0.39, 0.29) is 44.6 Å². The standard InChI is InChI=1S/C25H26F6N2O3S2/c1-16-21-4-2-3-5-22(21)37-23(16)33(38(34)35)15-19(32-12-10-18(11-13-32)24(26,27)28)14-17-6-8-20(9-7-17)36-25(29,30)31/h2-9,18-19H,10-15H2,1H3,(H,34,35). The average molecular weight is 581 g/mol. The molecule has 0 radical (unpaired) electrons. The molecule has 0 bridgehead atoms. The van der Waals surface area contributed by atoms with E-state index in [1.807, 2.05) is 36.1 Å². The second-order valence-corrected chi connectivity index (χ2v) is 11.2. The molecule has 1 aromatic heterocycles. The van der Waals surface area contributed by atoms with Gasteiger partial charge in [-0.25, -0.2) is 4.21 Å². The molecule has 1 N–H and O–H groups in total. The zero-order valence-electron chi connectivity index (χ0n) is 20.3. The predicted octanol–water partition coefficient (Wildman–Crippen LogP) is 6.94. The molecule has 38 heavy (non-hydrogen) atoms. The summed E-state index contributed by atoms with van der Waals surface area (Å²) in [4.78, 5) is 1.87. The smallest absolute Gasteiger partial charge is 0.406 e. The minimum absolute atomic E-state index is 0.0360. The van der Waals surface area contributed by atoms with E-state index in [2.05, 4.69) is 4.74 Å². The van der Waals surface area contributed by atoms with Gasteiger partial charge in [0.1, 0.15) is 10.8 Å². The third-order valence-electron chi connectivity index (χ3n) is 6.75. The average Bonchev–Trinajstić information content (AvgIpc) is 3.17. The fourth-order valence-electron chi connectivity index (χ4n) is 4.81. The van der Waals surface area contributed by atoms with Crippen LogP contribution >= 0.6 is 11.3 Å². The minimum atomic E-state index is -4.83. The molecule has 0 saturated carbocycles. The van der Waals surface area contributed by atoms with Gasteiger partial charge in [0.25, 0.3) is 11.3 Å². The Hall–Kier alpha value is -2.35. The molecule has 1 saturated heterocycles. The van der Waals surface area contributed by atoms with E-state index < -0.39 is 35.8 Å². The van der Waals surface area contributed by atoms with Gasteiger partial charge in [-0.15, -0.1) is 24.5 Å². The van der Waals surface area contributed by atoms with Crippen molar-refractivity contribution in [2.24, 2.45) is 5.92 Å². The Balaban J connectivity index is 1.60. The quantitative estimate of drug-likeness (QED) is 0.232. The first-order chi connectivity index (χ1) is 17.8. The van der Waals surface area contributed by atoms with Crippen LogP contribution in [0.3, 0.4) is 0 Å². The SMILES string of the molecule is Cc1c(N(CC(Cc2ccc(OC(F)(F)F)cc2)N2CCC(C(F)(F)F)CC2)S(=O)O)sc2ccccc12. The highest BCUT2D eigenvalue weighted by atomic mass is 32.2. The van der Waals surface area contributed by atoms with Gasteiger partial charge in [-0.2, -0.15) is 13.2 Å². The zero-order chi connectivity index (χ0) is 27.7. The lowest BCUT2D eigenvalue weighted by Crippen LogP contribution is -2.50. The number of aryl methyl sites for hydroxylation is 1. The highest BCUT2D eigenvalue weighted by Crippen LogP contribution is 2.39. The molecule has 2 atom stereocenters. The highest BCUT2D eigenvalue weighted by molar-refractivity contribution is 7.81. The van der Waals surface area contributed by atoms with E-state index in [1.165, 1.54) is 39.9 Å². The first kappa shape index (κ1) is 28.7. The van der Waals surface area contributed by atoms with E-state index in [4.69, 9.17) is 0 Å². The molecule has 2 aromatic carbocycles. The zero-order valence-corrected chi connectivity index (χ0v) is 21.9. The predicted molar refractivity (Wildman–Crippen MR) is 136 cm³/mol. The maximum absolute atomic E-state index is 13.3. The van der Waals surface area contributed by atoms with Gasteiger partial charge in [0.2, 0.25) is 0 Å². The molecular weight excluding hydrogens is 554 g/mol. The summed E-state index contributed by atoms with van der Waals surface area (Å²) in [5.41, 5.74) is 1.44. The number of thiophene rings is 1. The first-order valence-electron chi connectivity index (χ1n) is 11.8. The Morgan fingerprint density at radius 2 is 1.71 bits per heavy atom. The summed E-state index contributed by atoms with van der Waals surface area (Å²) < 4.78 is 106. The molecule has 13 heteroatoms. The van der Waals surface area contributed by atoms with Gasteiger partial charge in [0.05, 0.1) is 12.5 Å². The molecule has 0 amide bonds. The van der Waals surface area contributed by atoms with Crippen LogP contribution in [0.5, 0.6) is 5.75 Å². The molecule has 0 aliphatic carbocycles. The second kappa shape index (κ2) is 11.4. The van der Waals surface area contributed by atoms with E-state index in [0.29, 0.717) is 10.6 Å². The van der Waals surface area contributed by atoms with Crippen LogP contribution in [0.1, 0.15) is 24.0 Å². The summed E-state index contributed by atoms with van der Waals surface area (Å²) >= 11 is -1.07. The third kappa shape index (κ3) is 6.99. The first-order valence-corrected chi connectivity index (χ1v) is 13.7. The van der Waals surface area contributed by atoms with Crippen molar-refractivity contribution >= 4 is 37.7 Å². The van der Waals surface area contributed by atoms with Crippen molar-refractivity contribution in [1.82, 2.24) is 4.90 Å². The van der Waals surface area contributed by atoms with Crippen LogP contribution in [-0.2, 0) is 17.7 Å². The number of ether oxygens (including phenoxy) is 1. The lowest BCUT2D eigenvalue weighted by Gasteiger charge is -2.39. The summed E-state index contributed by atoms with van der Waals surface area (Å²) in [7, 11) is 0. The van der Waals surface area contributed by atoms with Crippen molar-refractivity contribution < 1.29 is 39.8 Å². The van der Waals surface area contributed by atoms with Gasteiger partial charge < -0.3 is 4.74 Å². The Bertz CT molecular complexity index is 1250. The van der Waals surface area contributed by atoms with Gasteiger partial charge in [-0.05, 0) is 74.0 Å². The number of hydrogen-bond acceptors (Lipinski definition) is 4. The molecule has 4 rings (SSSR count). The van der Waals surface area contributed by atoms with Crippen LogP contribution in [0, 0.1) is 12.8 Å². The topological polar surface area (TPSA) is 53.0 Å². The number of anilines is 1. The Morgan fingerprint density at radius 3 is 2.26 bits per heavy atom. The van der Waals surface area contributed by atoms with Crippen molar-refractivity contribution in [2.45, 2.75) is 44.8 Å². The van der Waals surface area contributed by atoms with E-state index >= 15 is 0 Å². The summed E-state index contributed by atoms with van der Waals surface area (Å²) in [6, 6.07) is 12.3. The number of hydrogen-bond donors (Lipinski definition) is 1. The van der Waals surface area contributed by atoms with Crippen LogP contribution in [0.15, 0.2) is 48.5 Å². The maximum atomic E-state index is 13.3. The molecular formula is C25H26F6N2O3S2. The van der Waals surface area contributed by atoms with Gasteiger partial charge >= 0.3 is 12.5 Å². The molecule has 1 aliphatic heterocycles. The van der Waals surface area contributed by atoms with E-state index in [9.17, 15) is 35.1 Å². The molecule has 2 unspecified atom stereocenters. The normalized spacial score (nSPS) is 17.5. The van der Waals surface area contributed by atoms with E-state index in [0.717, 1.165) is 15.6 Å². The van der Waals surface area contributed by atoms with Gasteiger partial charge in [0, 0.05) is 10.7 Å². The van der Waals surface area contributed by atoms with Crippen LogP contribution in [0.4, 0.5) is 31.3 Å². The minimum Gasteiger partial charge on any atom is -0.406 e. The number of alkyl halides is 6. The van der Waals surface area contributed by atoms with Gasteiger partial charge in [-0.1, -0.05) is 30.3 Å². The third-order valence-corrected chi connectivity index (χ3v) is 8.87. The number of halogens is 6. The maximum Gasteiger partial charge on any atom is 0.573 e. The summed E-state index contributed by atoms with van der Waals surface area (Å²) in [5, 5.41) is 1.52. The Kier molecular flexibility index (Phi) is 8.60. The number of likely N-dealkylation sites (tertiary alicyclic amines) is 1. The lowest BCUT2D eigenvalue weighted by atomic mass is 9.93. The van der Waals surface area contributed by atoms with Crippen molar-refractivity contribution in [2.75, 3.05) is 23.9 Å². The van der Waals surface area contributed by atoms with Crippen LogP contribution in [0.2, 0.25) is 0 Å². The lowest BCUT2D eigenvalue weighted by molar-refractivity contribution is -0.274. The molecule has 3 aromatic rings. The van der Waals surface area contributed by atoms with Crippen molar-refractivity contribution in [1.29, 1.82) is 0 Å². The molecule has 208 valence electrons. The molecule has 1 aliphatic rings. The largest absolute Gasteiger partial charge is 0.573 e. The van der Waals surface area contributed by atoms with Gasteiger partial charge in [-0.3, -0.25) is 13.8 Å². The monoisotopic (exact) mass is 580 g/mol. The molecule has 0 spiro atoms. The number of rotatable bonds is 8. The van der Waals surface area contributed by atoms with Crippen LogP contribution in [-0.4, -0.2) is 51.9 Å². The van der Waals surface area contributed by atoms with Crippen molar-refractivity contribution in [3.05, 3.63) is 59.7 Å².